The molecule has 0 bridgehead atoms. The fourth-order valence-electron chi connectivity index (χ4n) is 1.95. The van der Waals surface area contributed by atoms with Crippen LogP contribution in [0.5, 0.6) is 0 Å². The van der Waals surface area contributed by atoms with Crippen LogP contribution in [0.1, 0.15) is 18.9 Å². The molecule has 1 aliphatic rings. The first kappa shape index (κ1) is 10.1. The van der Waals surface area contributed by atoms with Crippen molar-refractivity contribution in [2.75, 3.05) is 19.6 Å². The predicted octanol–water partition coefficient (Wildman–Crippen LogP) is 1.93. The van der Waals surface area contributed by atoms with Gasteiger partial charge in [-0.25, -0.2) is 0 Å². The summed E-state index contributed by atoms with van der Waals surface area (Å²) in [6.45, 7) is 6.91. The number of nitrogens with zero attached hydrogens (tertiary/aromatic N) is 1. The summed E-state index contributed by atoms with van der Waals surface area (Å²) in [5, 5.41) is 7.95. The number of nitrogens with one attached hydrogen (secondary N) is 1. The summed E-state index contributed by atoms with van der Waals surface area (Å²) >= 11 is 1.79. The summed E-state index contributed by atoms with van der Waals surface area (Å²) in [4.78, 5) is 2.55. The van der Waals surface area contributed by atoms with Gasteiger partial charge in [0, 0.05) is 32.2 Å². The standard InChI is InChI=1S/C11H18N2S/c1-2-11-8-13(5-4-12-11)7-10-3-6-14-9-10/h3,6,9,11-12H,2,4-5,7-8H2,1H3. The molecule has 0 aromatic carbocycles. The lowest BCUT2D eigenvalue weighted by Crippen LogP contribution is -2.49. The van der Waals surface area contributed by atoms with Crippen LogP contribution in [0.25, 0.3) is 0 Å². The Labute approximate surface area is 89.9 Å². The number of hydrogen-bond donors (Lipinski definition) is 1. The molecular weight excluding hydrogens is 192 g/mol. The molecule has 1 atom stereocenters. The Kier molecular flexibility index (Phi) is 3.56. The van der Waals surface area contributed by atoms with Gasteiger partial charge in [-0.3, -0.25) is 4.90 Å². The Hall–Kier alpha value is -0.380. The molecule has 14 heavy (non-hydrogen) atoms. The fourth-order valence-corrected chi connectivity index (χ4v) is 2.61. The molecule has 1 aromatic rings. The second kappa shape index (κ2) is 4.91. The molecule has 1 saturated heterocycles. The normalized spacial score (nSPS) is 23.9. The van der Waals surface area contributed by atoms with Gasteiger partial charge in [0.2, 0.25) is 0 Å². The first-order valence-corrected chi connectivity index (χ1v) is 6.29. The van der Waals surface area contributed by atoms with E-state index in [1.807, 2.05) is 0 Å². The van der Waals surface area contributed by atoms with Crippen LogP contribution in [0, 0.1) is 0 Å². The lowest BCUT2D eigenvalue weighted by Gasteiger charge is -2.33. The highest BCUT2D eigenvalue weighted by molar-refractivity contribution is 7.07. The van der Waals surface area contributed by atoms with Gasteiger partial charge in [0.15, 0.2) is 0 Å². The SMILES string of the molecule is CCC1CN(Cc2ccsc2)CCN1. The van der Waals surface area contributed by atoms with Crippen molar-refractivity contribution in [3.05, 3.63) is 22.4 Å². The van der Waals surface area contributed by atoms with Crippen LogP contribution in [0.15, 0.2) is 16.8 Å². The van der Waals surface area contributed by atoms with Crippen molar-refractivity contribution in [1.29, 1.82) is 0 Å². The number of thiophene rings is 1. The van der Waals surface area contributed by atoms with Crippen LogP contribution in [-0.4, -0.2) is 30.6 Å². The molecule has 78 valence electrons. The quantitative estimate of drug-likeness (QED) is 0.820. The lowest BCUT2D eigenvalue weighted by molar-refractivity contribution is 0.190. The topological polar surface area (TPSA) is 15.3 Å². The van der Waals surface area contributed by atoms with E-state index < -0.39 is 0 Å². The van der Waals surface area contributed by atoms with Crippen LogP contribution < -0.4 is 5.32 Å². The lowest BCUT2D eigenvalue weighted by atomic mass is 10.1. The minimum Gasteiger partial charge on any atom is -0.311 e. The van der Waals surface area contributed by atoms with Crippen LogP contribution >= 0.6 is 11.3 Å². The second-order valence-electron chi connectivity index (χ2n) is 3.93. The van der Waals surface area contributed by atoms with Crippen molar-refractivity contribution >= 4 is 11.3 Å². The van der Waals surface area contributed by atoms with Gasteiger partial charge in [-0.05, 0) is 28.8 Å². The molecule has 0 saturated carbocycles. The van der Waals surface area contributed by atoms with Gasteiger partial charge in [-0.2, -0.15) is 11.3 Å². The van der Waals surface area contributed by atoms with Crippen molar-refractivity contribution < 1.29 is 0 Å². The minimum absolute atomic E-state index is 0.697. The molecule has 0 radical (unpaired) electrons. The molecule has 2 rings (SSSR count). The smallest absolute Gasteiger partial charge is 0.0243 e. The molecule has 2 nitrogen and oxygen atoms in total. The van der Waals surface area contributed by atoms with E-state index >= 15 is 0 Å². The van der Waals surface area contributed by atoms with E-state index in [9.17, 15) is 0 Å². The molecule has 3 heteroatoms. The third-order valence-electron chi connectivity index (χ3n) is 2.82. The van der Waals surface area contributed by atoms with E-state index in [4.69, 9.17) is 0 Å². The van der Waals surface area contributed by atoms with Crippen molar-refractivity contribution in [3.8, 4) is 0 Å². The summed E-state index contributed by atoms with van der Waals surface area (Å²) < 4.78 is 0. The Morgan fingerprint density at radius 2 is 2.57 bits per heavy atom. The molecule has 1 N–H and O–H groups in total. The zero-order valence-electron chi connectivity index (χ0n) is 8.70. The highest BCUT2D eigenvalue weighted by atomic mass is 32.1. The number of piperazine rings is 1. The Morgan fingerprint density at radius 1 is 1.64 bits per heavy atom. The van der Waals surface area contributed by atoms with Crippen molar-refractivity contribution in [3.63, 3.8) is 0 Å². The molecule has 0 amide bonds. The van der Waals surface area contributed by atoms with E-state index in [-0.39, 0.29) is 0 Å². The van der Waals surface area contributed by atoms with E-state index in [1.165, 1.54) is 25.1 Å². The molecule has 1 fully saturated rings. The molecule has 1 unspecified atom stereocenters. The highest BCUT2D eigenvalue weighted by Gasteiger charge is 2.17. The average molecular weight is 210 g/mol. The summed E-state index contributed by atoms with van der Waals surface area (Å²) in [5.41, 5.74) is 1.46. The maximum atomic E-state index is 3.54. The number of rotatable bonds is 3. The summed E-state index contributed by atoms with van der Waals surface area (Å²) in [5.74, 6) is 0. The summed E-state index contributed by atoms with van der Waals surface area (Å²) in [6.07, 6.45) is 1.24. The van der Waals surface area contributed by atoms with Gasteiger partial charge in [-0.15, -0.1) is 0 Å². The van der Waals surface area contributed by atoms with Gasteiger partial charge in [0.1, 0.15) is 0 Å². The fraction of sp³-hybridized carbons (Fsp3) is 0.636. The van der Waals surface area contributed by atoms with Crippen LogP contribution in [0.3, 0.4) is 0 Å². The third-order valence-corrected chi connectivity index (χ3v) is 3.55. The largest absolute Gasteiger partial charge is 0.311 e. The van der Waals surface area contributed by atoms with E-state index in [1.54, 1.807) is 11.3 Å². The maximum absolute atomic E-state index is 3.54. The van der Waals surface area contributed by atoms with Gasteiger partial charge >= 0.3 is 0 Å². The first-order valence-electron chi connectivity index (χ1n) is 5.35. The minimum atomic E-state index is 0.697. The van der Waals surface area contributed by atoms with Crippen molar-refractivity contribution in [2.24, 2.45) is 0 Å². The van der Waals surface area contributed by atoms with E-state index in [0.29, 0.717) is 6.04 Å². The Morgan fingerprint density at radius 3 is 3.29 bits per heavy atom. The third kappa shape index (κ3) is 2.56. The average Bonchev–Trinajstić information content (AvgIpc) is 2.71. The summed E-state index contributed by atoms with van der Waals surface area (Å²) in [7, 11) is 0. The van der Waals surface area contributed by atoms with Gasteiger partial charge in [-0.1, -0.05) is 6.92 Å². The Balaban J connectivity index is 1.86. The zero-order valence-corrected chi connectivity index (χ0v) is 9.52. The molecule has 2 heterocycles. The van der Waals surface area contributed by atoms with E-state index in [0.717, 1.165) is 13.1 Å². The van der Waals surface area contributed by atoms with E-state index in [2.05, 4.69) is 34.0 Å². The maximum Gasteiger partial charge on any atom is 0.0243 e. The Bertz CT molecular complexity index is 258. The van der Waals surface area contributed by atoms with Gasteiger partial charge in [0.05, 0.1) is 0 Å². The van der Waals surface area contributed by atoms with Crippen molar-refractivity contribution in [1.82, 2.24) is 10.2 Å². The molecule has 0 aliphatic carbocycles. The molecular formula is C11H18N2S. The van der Waals surface area contributed by atoms with Gasteiger partial charge < -0.3 is 5.32 Å². The zero-order chi connectivity index (χ0) is 9.80. The molecule has 1 aliphatic heterocycles. The van der Waals surface area contributed by atoms with Crippen LogP contribution in [0.2, 0.25) is 0 Å². The van der Waals surface area contributed by atoms with Gasteiger partial charge in [0.25, 0.3) is 0 Å². The molecule has 0 spiro atoms. The summed E-state index contributed by atoms with van der Waals surface area (Å²) in [6, 6.07) is 2.93. The van der Waals surface area contributed by atoms with Crippen LogP contribution in [0.4, 0.5) is 0 Å². The van der Waals surface area contributed by atoms with Crippen LogP contribution in [-0.2, 0) is 6.54 Å². The predicted molar refractivity (Wildman–Crippen MR) is 61.7 cm³/mol. The molecule has 1 aromatic heterocycles. The first-order chi connectivity index (χ1) is 6.88. The van der Waals surface area contributed by atoms with Crippen molar-refractivity contribution in [2.45, 2.75) is 25.9 Å². The monoisotopic (exact) mass is 210 g/mol. The second-order valence-corrected chi connectivity index (χ2v) is 4.71. The number of hydrogen-bond acceptors (Lipinski definition) is 3. The highest BCUT2D eigenvalue weighted by Crippen LogP contribution is 2.11.